The number of para-hydroxylation sites is 2. The van der Waals surface area contributed by atoms with Crippen LogP contribution in [0.2, 0.25) is 0 Å². The lowest BCUT2D eigenvalue weighted by atomic mass is 10.2. The molecule has 3 aromatic rings. The molecule has 0 saturated carbocycles. The second-order valence-electron chi connectivity index (χ2n) is 7.40. The molecule has 32 heavy (non-hydrogen) atoms. The number of likely N-dealkylation sites (N-methyl/N-ethyl adjacent to an activating group) is 1. The molecule has 0 aliphatic heterocycles. The van der Waals surface area contributed by atoms with Gasteiger partial charge in [-0.25, -0.2) is 0 Å². The second-order valence-corrected chi connectivity index (χ2v) is 8.49. The number of alkyl halides is 3. The van der Waals surface area contributed by atoms with Crippen molar-refractivity contribution in [1.29, 1.82) is 0 Å². The van der Waals surface area contributed by atoms with E-state index in [0.717, 1.165) is 21.4 Å². The summed E-state index contributed by atoms with van der Waals surface area (Å²) in [7, 11) is 1.84. The first-order valence-electron chi connectivity index (χ1n) is 10.00. The lowest BCUT2D eigenvalue weighted by Gasteiger charge is -2.22. The lowest BCUT2D eigenvalue weighted by Crippen LogP contribution is -2.33. The molecule has 0 aromatic heterocycles. The largest absolute Gasteiger partial charge is 0.490 e. The molecule has 0 radical (unpaired) electrons. The third-order valence-electron chi connectivity index (χ3n) is 4.70. The standard InChI is InChI=1S/C24H25F3N2O2S/c1-29(15-18(30)16-31-21-11-5-3-9-19(21)24(25,26)27)14-17-8-2-6-12-22(17)32-23-13-7-4-10-20(23)28/h2-13,18,30H,14-16,28H2,1H3. The Morgan fingerprint density at radius 2 is 1.59 bits per heavy atom. The molecule has 3 rings (SSSR count). The van der Waals surface area contributed by atoms with E-state index in [9.17, 15) is 18.3 Å². The van der Waals surface area contributed by atoms with Crippen molar-refractivity contribution < 1.29 is 23.0 Å². The van der Waals surface area contributed by atoms with Gasteiger partial charge >= 0.3 is 6.18 Å². The van der Waals surface area contributed by atoms with Crippen LogP contribution in [-0.2, 0) is 12.7 Å². The molecule has 1 unspecified atom stereocenters. The van der Waals surface area contributed by atoms with Gasteiger partial charge in [-0.15, -0.1) is 0 Å². The number of anilines is 1. The fourth-order valence-corrected chi connectivity index (χ4v) is 4.19. The van der Waals surface area contributed by atoms with E-state index in [0.29, 0.717) is 12.2 Å². The van der Waals surface area contributed by atoms with Crippen LogP contribution in [0.3, 0.4) is 0 Å². The number of nitrogen functional groups attached to an aromatic ring is 1. The molecule has 170 valence electrons. The van der Waals surface area contributed by atoms with E-state index in [1.165, 1.54) is 18.2 Å². The minimum atomic E-state index is -4.51. The zero-order valence-electron chi connectivity index (χ0n) is 17.5. The van der Waals surface area contributed by atoms with E-state index in [4.69, 9.17) is 10.5 Å². The number of benzene rings is 3. The average Bonchev–Trinajstić information content (AvgIpc) is 2.75. The Hall–Kier alpha value is -2.68. The maximum Gasteiger partial charge on any atom is 0.419 e. The topological polar surface area (TPSA) is 58.7 Å². The molecule has 0 aliphatic rings. The van der Waals surface area contributed by atoms with Crippen molar-refractivity contribution in [2.45, 2.75) is 28.6 Å². The smallest absolute Gasteiger partial charge is 0.419 e. The van der Waals surface area contributed by atoms with Gasteiger partial charge < -0.3 is 15.6 Å². The summed E-state index contributed by atoms with van der Waals surface area (Å²) in [5, 5.41) is 10.3. The fraction of sp³-hybridized carbons (Fsp3) is 0.250. The Kier molecular flexibility index (Phi) is 8.06. The number of halogens is 3. The summed E-state index contributed by atoms with van der Waals surface area (Å²) in [5.41, 5.74) is 6.96. The summed E-state index contributed by atoms with van der Waals surface area (Å²) >= 11 is 1.57. The number of ether oxygens (including phenoxy) is 1. The number of aliphatic hydroxyl groups is 1. The highest BCUT2D eigenvalue weighted by Crippen LogP contribution is 2.36. The predicted octanol–water partition coefficient (Wildman–Crippen LogP) is 5.31. The van der Waals surface area contributed by atoms with Gasteiger partial charge in [0.2, 0.25) is 0 Å². The van der Waals surface area contributed by atoms with Crippen molar-refractivity contribution in [3.63, 3.8) is 0 Å². The highest BCUT2D eigenvalue weighted by molar-refractivity contribution is 7.99. The molecule has 4 nitrogen and oxygen atoms in total. The Bertz CT molecular complexity index is 1030. The van der Waals surface area contributed by atoms with Crippen LogP contribution in [0.15, 0.2) is 82.6 Å². The Labute approximate surface area is 189 Å². The van der Waals surface area contributed by atoms with Gasteiger partial charge in [-0.3, -0.25) is 4.90 Å². The van der Waals surface area contributed by atoms with Gasteiger partial charge in [0.1, 0.15) is 18.5 Å². The van der Waals surface area contributed by atoms with Crippen LogP contribution in [0.5, 0.6) is 5.75 Å². The molecule has 0 saturated heterocycles. The fourth-order valence-electron chi connectivity index (χ4n) is 3.21. The first-order valence-corrected chi connectivity index (χ1v) is 10.8. The number of rotatable bonds is 9. The molecule has 3 aromatic carbocycles. The first-order chi connectivity index (χ1) is 15.2. The van der Waals surface area contributed by atoms with Crippen molar-refractivity contribution in [2.75, 3.05) is 25.9 Å². The van der Waals surface area contributed by atoms with Gasteiger partial charge in [0.05, 0.1) is 5.56 Å². The van der Waals surface area contributed by atoms with E-state index in [2.05, 4.69) is 0 Å². The Morgan fingerprint density at radius 3 is 2.31 bits per heavy atom. The van der Waals surface area contributed by atoms with Crippen molar-refractivity contribution in [3.8, 4) is 5.75 Å². The quantitative estimate of drug-likeness (QED) is 0.422. The van der Waals surface area contributed by atoms with Crippen LogP contribution >= 0.6 is 11.8 Å². The minimum absolute atomic E-state index is 0.237. The van der Waals surface area contributed by atoms with Gasteiger partial charge in [0, 0.05) is 28.6 Å². The van der Waals surface area contributed by atoms with Gasteiger partial charge in [-0.1, -0.05) is 54.2 Å². The molecule has 0 bridgehead atoms. The maximum atomic E-state index is 13.1. The van der Waals surface area contributed by atoms with E-state index in [-0.39, 0.29) is 18.9 Å². The third-order valence-corrected chi connectivity index (χ3v) is 5.91. The molecule has 0 aliphatic carbocycles. The molecular formula is C24H25F3N2O2S. The normalized spacial score (nSPS) is 12.7. The zero-order valence-corrected chi connectivity index (χ0v) is 18.4. The molecule has 3 N–H and O–H groups in total. The maximum absolute atomic E-state index is 13.1. The molecule has 1 atom stereocenters. The zero-order chi connectivity index (χ0) is 23.1. The van der Waals surface area contributed by atoms with E-state index in [1.54, 1.807) is 11.8 Å². The predicted molar refractivity (Wildman–Crippen MR) is 121 cm³/mol. The van der Waals surface area contributed by atoms with Crippen LogP contribution in [0.25, 0.3) is 0 Å². The Morgan fingerprint density at radius 1 is 0.969 bits per heavy atom. The lowest BCUT2D eigenvalue weighted by molar-refractivity contribution is -0.139. The molecular weight excluding hydrogens is 437 g/mol. The SMILES string of the molecule is CN(Cc1ccccc1Sc1ccccc1N)CC(O)COc1ccccc1C(F)(F)F. The summed E-state index contributed by atoms with van der Waals surface area (Å²) in [6.07, 6.45) is -5.46. The van der Waals surface area contributed by atoms with Crippen LogP contribution in [0.4, 0.5) is 18.9 Å². The highest BCUT2D eigenvalue weighted by atomic mass is 32.2. The molecule has 0 amide bonds. The summed E-state index contributed by atoms with van der Waals surface area (Å²) in [6, 6.07) is 20.5. The van der Waals surface area contributed by atoms with E-state index < -0.39 is 17.8 Å². The second kappa shape index (κ2) is 10.8. The molecule has 8 heteroatoms. The van der Waals surface area contributed by atoms with Gasteiger partial charge in [-0.05, 0) is 42.9 Å². The summed E-state index contributed by atoms with van der Waals surface area (Å²) in [6.45, 7) is 0.543. The molecule has 0 heterocycles. The summed E-state index contributed by atoms with van der Waals surface area (Å²) < 4.78 is 44.5. The van der Waals surface area contributed by atoms with Gasteiger partial charge in [0.15, 0.2) is 0 Å². The van der Waals surface area contributed by atoms with Crippen LogP contribution in [0, 0.1) is 0 Å². The number of nitrogens with two attached hydrogens (primary N) is 1. The van der Waals surface area contributed by atoms with Crippen molar-refractivity contribution in [3.05, 3.63) is 83.9 Å². The van der Waals surface area contributed by atoms with Gasteiger partial charge in [-0.2, -0.15) is 13.2 Å². The van der Waals surface area contributed by atoms with Crippen molar-refractivity contribution >= 4 is 17.4 Å². The van der Waals surface area contributed by atoms with Gasteiger partial charge in [0.25, 0.3) is 0 Å². The molecule has 0 fully saturated rings. The number of hydrogen-bond acceptors (Lipinski definition) is 5. The number of nitrogens with zero attached hydrogens (tertiary/aromatic N) is 1. The van der Waals surface area contributed by atoms with E-state index >= 15 is 0 Å². The number of hydrogen-bond donors (Lipinski definition) is 2. The number of aliphatic hydroxyl groups excluding tert-OH is 1. The Balaban J connectivity index is 1.59. The minimum Gasteiger partial charge on any atom is -0.490 e. The third kappa shape index (κ3) is 6.66. The van der Waals surface area contributed by atoms with Crippen LogP contribution in [-0.4, -0.2) is 36.3 Å². The van der Waals surface area contributed by atoms with Crippen LogP contribution < -0.4 is 10.5 Å². The van der Waals surface area contributed by atoms with Crippen molar-refractivity contribution in [2.24, 2.45) is 0 Å². The average molecular weight is 463 g/mol. The van der Waals surface area contributed by atoms with E-state index in [1.807, 2.05) is 60.5 Å². The van der Waals surface area contributed by atoms with Crippen LogP contribution in [0.1, 0.15) is 11.1 Å². The molecule has 0 spiro atoms. The first kappa shape index (κ1) is 24.0. The van der Waals surface area contributed by atoms with Crippen molar-refractivity contribution in [1.82, 2.24) is 4.90 Å². The monoisotopic (exact) mass is 462 g/mol. The highest BCUT2D eigenvalue weighted by Gasteiger charge is 2.34. The summed E-state index contributed by atoms with van der Waals surface area (Å²) in [5.74, 6) is -0.288. The summed E-state index contributed by atoms with van der Waals surface area (Å²) in [4.78, 5) is 3.90.